The van der Waals surface area contributed by atoms with Gasteiger partial charge in [-0.2, -0.15) is 13.2 Å². The van der Waals surface area contributed by atoms with Gasteiger partial charge in [-0.15, -0.1) is 0 Å². The van der Waals surface area contributed by atoms with Crippen molar-refractivity contribution in [3.63, 3.8) is 0 Å². The quantitative estimate of drug-likeness (QED) is 0.261. The largest absolute Gasteiger partial charge is 0.471 e. The van der Waals surface area contributed by atoms with Gasteiger partial charge in [-0.1, -0.05) is 12.1 Å². The van der Waals surface area contributed by atoms with Crippen molar-refractivity contribution in [1.29, 1.82) is 0 Å². The molecule has 4 N–H and O–H groups in total. The van der Waals surface area contributed by atoms with Gasteiger partial charge in [0.25, 0.3) is 5.69 Å². The lowest BCUT2D eigenvalue weighted by Crippen LogP contribution is -2.36. The minimum absolute atomic E-state index is 0.0112. The molecule has 0 bridgehead atoms. The lowest BCUT2D eigenvalue weighted by atomic mass is 10.1. The normalized spacial score (nSPS) is 20.0. The highest BCUT2D eigenvalue weighted by atomic mass is 19.4. The number of alkyl halides is 3. The summed E-state index contributed by atoms with van der Waals surface area (Å²) in [6.07, 6.45) is -3.99. The number of nitro groups is 1. The molecule has 1 aliphatic heterocycles. The Morgan fingerprint density at radius 1 is 1.28 bits per heavy atom. The Bertz CT molecular complexity index is 1280. The van der Waals surface area contributed by atoms with E-state index >= 15 is 0 Å². The van der Waals surface area contributed by atoms with Gasteiger partial charge in [-0.25, -0.2) is 9.97 Å². The van der Waals surface area contributed by atoms with Crippen molar-refractivity contribution < 1.29 is 37.8 Å². The van der Waals surface area contributed by atoms with Crippen LogP contribution in [0.4, 0.5) is 24.5 Å². The summed E-state index contributed by atoms with van der Waals surface area (Å²) in [5, 5.41) is 35.6. The van der Waals surface area contributed by atoms with E-state index in [0.717, 1.165) is 6.07 Å². The summed E-state index contributed by atoms with van der Waals surface area (Å²) in [6.45, 7) is -0.871. The van der Waals surface area contributed by atoms with Crippen LogP contribution in [-0.2, 0) is 22.6 Å². The molecule has 1 amide bonds. The zero-order valence-corrected chi connectivity index (χ0v) is 18.5. The van der Waals surface area contributed by atoms with E-state index < -0.39 is 42.0 Å². The number of nitrogens with zero attached hydrogens (tertiary/aromatic N) is 4. The van der Waals surface area contributed by atoms with Gasteiger partial charge in [0.15, 0.2) is 5.65 Å². The minimum Gasteiger partial charge on any atom is -0.394 e. The van der Waals surface area contributed by atoms with Gasteiger partial charge in [0.2, 0.25) is 0 Å². The van der Waals surface area contributed by atoms with Gasteiger partial charge in [-0.3, -0.25) is 19.5 Å². The zero-order chi connectivity index (χ0) is 26.0. The highest BCUT2D eigenvalue weighted by molar-refractivity contribution is 5.85. The van der Waals surface area contributed by atoms with Gasteiger partial charge in [0.1, 0.15) is 17.8 Å². The van der Waals surface area contributed by atoms with Crippen molar-refractivity contribution in [3.8, 4) is 0 Å². The average Bonchev–Trinajstić information content (AvgIpc) is 3.43. The molecular weight excluding hydrogens is 489 g/mol. The van der Waals surface area contributed by atoms with Crippen LogP contribution in [0.15, 0.2) is 36.8 Å². The van der Waals surface area contributed by atoms with Crippen molar-refractivity contribution >= 4 is 28.4 Å². The number of ether oxygens (including phenoxy) is 1. The predicted octanol–water partition coefficient (Wildman–Crippen LogP) is 1.77. The monoisotopic (exact) mass is 510 g/mol. The summed E-state index contributed by atoms with van der Waals surface area (Å²) in [5.74, 6) is -2.14. The molecule has 36 heavy (non-hydrogen) atoms. The van der Waals surface area contributed by atoms with E-state index in [4.69, 9.17) is 4.74 Å². The number of pyridine rings is 1. The smallest absolute Gasteiger partial charge is 0.394 e. The lowest BCUT2D eigenvalue weighted by molar-refractivity contribution is -0.385. The molecular formula is C21H21F3N6O6. The third kappa shape index (κ3) is 5.22. The van der Waals surface area contributed by atoms with E-state index in [9.17, 15) is 38.3 Å². The van der Waals surface area contributed by atoms with Gasteiger partial charge >= 0.3 is 12.1 Å². The number of hydrogen-bond donors (Lipinski definition) is 4. The molecule has 1 aromatic carbocycles. The fourth-order valence-corrected chi connectivity index (χ4v) is 3.85. The third-order valence-electron chi connectivity index (χ3n) is 5.68. The second kappa shape index (κ2) is 10.0. The molecule has 1 fully saturated rings. The van der Waals surface area contributed by atoms with Crippen LogP contribution >= 0.6 is 0 Å². The second-order valence-electron chi connectivity index (χ2n) is 8.05. The first-order valence-corrected chi connectivity index (χ1v) is 10.7. The molecule has 12 nitrogen and oxygen atoms in total. The van der Waals surface area contributed by atoms with Crippen LogP contribution in [0.25, 0.3) is 11.2 Å². The van der Waals surface area contributed by atoms with Crippen LogP contribution in [0.2, 0.25) is 0 Å². The van der Waals surface area contributed by atoms with Crippen molar-refractivity contribution in [2.24, 2.45) is 0 Å². The Morgan fingerprint density at radius 3 is 2.72 bits per heavy atom. The van der Waals surface area contributed by atoms with E-state index in [-0.39, 0.29) is 36.4 Å². The fraction of sp³-hybridized carbons (Fsp3) is 0.381. The van der Waals surface area contributed by atoms with E-state index in [2.05, 4.69) is 15.3 Å². The number of carbonyl (C=O) groups is 1. The SMILES string of the molecule is O=C(NCc1ccc(CNc2ccnc3c2ncn3[C@H]2C[C@@H](O)[C@@H](CO)O2)c([N+](=O)[O-])c1)C(F)(F)F. The summed E-state index contributed by atoms with van der Waals surface area (Å²) >= 11 is 0. The van der Waals surface area contributed by atoms with E-state index in [1.54, 1.807) is 16.0 Å². The number of anilines is 1. The third-order valence-corrected chi connectivity index (χ3v) is 5.68. The molecule has 0 spiro atoms. The molecule has 2 aromatic heterocycles. The first-order chi connectivity index (χ1) is 17.1. The van der Waals surface area contributed by atoms with Gasteiger partial charge < -0.3 is 25.6 Å². The number of carbonyl (C=O) groups excluding carboxylic acids is 1. The van der Waals surface area contributed by atoms with Gasteiger partial charge in [0, 0.05) is 37.3 Å². The Hall–Kier alpha value is -3.82. The first-order valence-electron chi connectivity index (χ1n) is 10.7. The standard InChI is InChI=1S/C21H21F3N6O6/c22-21(23,24)20(33)27-7-11-1-2-12(14(5-11)30(34)35)8-26-13-3-4-25-19-18(13)28-10-29(19)17-6-15(32)16(9-31)36-17/h1-5,10,15-17,31-32H,6-9H2,(H,25,26)(H,27,33)/t15-,16-,17-/m1/s1. The van der Waals surface area contributed by atoms with Crippen LogP contribution in [0.1, 0.15) is 23.8 Å². The van der Waals surface area contributed by atoms with Crippen molar-refractivity contribution in [2.45, 2.75) is 44.1 Å². The number of aliphatic hydroxyl groups is 2. The number of amides is 1. The number of aliphatic hydroxyl groups excluding tert-OH is 2. The summed E-state index contributed by atoms with van der Waals surface area (Å²) < 4.78 is 44.4. The van der Waals surface area contributed by atoms with Crippen molar-refractivity contribution in [3.05, 3.63) is 58.0 Å². The summed E-state index contributed by atoms with van der Waals surface area (Å²) in [5.41, 5.74) is 1.43. The number of fused-ring (bicyclic) bond motifs is 1. The van der Waals surface area contributed by atoms with Gasteiger partial charge in [0.05, 0.1) is 29.6 Å². The zero-order valence-electron chi connectivity index (χ0n) is 18.5. The Morgan fingerprint density at radius 2 is 2.06 bits per heavy atom. The fourth-order valence-electron chi connectivity index (χ4n) is 3.85. The number of rotatable bonds is 8. The maximum absolute atomic E-state index is 12.4. The highest BCUT2D eigenvalue weighted by Gasteiger charge is 2.38. The molecule has 0 aliphatic carbocycles. The van der Waals surface area contributed by atoms with Crippen molar-refractivity contribution in [2.75, 3.05) is 11.9 Å². The van der Waals surface area contributed by atoms with Crippen LogP contribution < -0.4 is 10.6 Å². The first kappa shape index (κ1) is 25.3. The summed E-state index contributed by atoms with van der Waals surface area (Å²) in [4.78, 5) is 30.5. The van der Waals surface area contributed by atoms with Crippen LogP contribution in [-0.4, -0.2) is 60.6 Å². The van der Waals surface area contributed by atoms with Crippen LogP contribution in [0.3, 0.4) is 0 Å². The van der Waals surface area contributed by atoms with E-state index in [0.29, 0.717) is 16.9 Å². The van der Waals surface area contributed by atoms with E-state index in [1.165, 1.54) is 24.7 Å². The number of nitro benzene ring substituents is 1. The van der Waals surface area contributed by atoms with Gasteiger partial charge in [-0.05, 0) is 11.6 Å². The Labute approximate surface area is 200 Å². The van der Waals surface area contributed by atoms with Crippen LogP contribution in [0, 0.1) is 10.1 Å². The second-order valence-corrected chi connectivity index (χ2v) is 8.05. The van der Waals surface area contributed by atoms with E-state index in [1.807, 2.05) is 0 Å². The lowest BCUT2D eigenvalue weighted by Gasteiger charge is -2.14. The maximum Gasteiger partial charge on any atom is 0.471 e. The van der Waals surface area contributed by atoms with Crippen molar-refractivity contribution in [1.82, 2.24) is 19.9 Å². The topological polar surface area (TPSA) is 165 Å². The Kier molecular flexibility index (Phi) is 7.05. The summed E-state index contributed by atoms with van der Waals surface area (Å²) in [6, 6.07) is 5.50. The molecule has 1 saturated heterocycles. The molecule has 3 atom stereocenters. The molecule has 4 rings (SSSR count). The number of benzene rings is 1. The highest BCUT2D eigenvalue weighted by Crippen LogP contribution is 2.32. The molecule has 3 aromatic rings. The molecule has 0 unspecified atom stereocenters. The summed E-state index contributed by atoms with van der Waals surface area (Å²) in [7, 11) is 0. The minimum atomic E-state index is -5.05. The molecule has 1 aliphatic rings. The number of hydrogen-bond acceptors (Lipinski definition) is 9. The number of aromatic nitrogens is 3. The molecule has 15 heteroatoms. The maximum atomic E-state index is 12.4. The van der Waals surface area contributed by atoms with Crippen LogP contribution in [0.5, 0.6) is 0 Å². The predicted molar refractivity (Wildman–Crippen MR) is 117 cm³/mol. The molecule has 0 radical (unpaired) electrons. The Balaban J connectivity index is 1.50. The molecule has 3 heterocycles. The average molecular weight is 510 g/mol. The molecule has 0 saturated carbocycles. The number of imidazole rings is 1. The molecule has 192 valence electrons. The number of halogens is 3. The number of nitrogens with one attached hydrogen (secondary N) is 2.